The van der Waals surface area contributed by atoms with Crippen LogP contribution < -0.4 is 0 Å². The van der Waals surface area contributed by atoms with E-state index in [0.29, 0.717) is 10.6 Å². The van der Waals surface area contributed by atoms with Crippen LogP contribution in [-0.2, 0) is 0 Å². The second kappa shape index (κ2) is 5.09. The number of nitrogens with one attached hydrogen (secondary N) is 1. The van der Waals surface area contributed by atoms with E-state index >= 15 is 0 Å². The van der Waals surface area contributed by atoms with Crippen molar-refractivity contribution in [3.8, 4) is 0 Å². The fraction of sp³-hybridized carbons (Fsp3) is 0.133. The first kappa shape index (κ1) is 12.9. The SMILES string of the molecule is CC(=O)c1cccnc1Sc1nc2ccc(C)cc2[nH]1. The Morgan fingerprint density at radius 1 is 1.30 bits per heavy atom. The molecule has 0 radical (unpaired) electrons. The molecule has 1 N–H and O–H groups in total. The van der Waals surface area contributed by atoms with Gasteiger partial charge < -0.3 is 4.98 Å². The van der Waals surface area contributed by atoms with Crippen LogP contribution in [0.5, 0.6) is 0 Å². The van der Waals surface area contributed by atoms with E-state index in [1.54, 1.807) is 25.3 Å². The average molecular weight is 283 g/mol. The predicted molar refractivity (Wildman–Crippen MR) is 79.2 cm³/mol. The van der Waals surface area contributed by atoms with Gasteiger partial charge >= 0.3 is 0 Å². The van der Waals surface area contributed by atoms with Gasteiger partial charge in [-0.3, -0.25) is 4.79 Å². The third-order valence-corrected chi connectivity index (χ3v) is 3.86. The first-order valence-corrected chi connectivity index (χ1v) is 7.05. The molecule has 100 valence electrons. The van der Waals surface area contributed by atoms with Crippen LogP contribution in [0.3, 0.4) is 0 Å². The van der Waals surface area contributed by atoms with Crippen molar-refractivity contribution in [3.05, 3.63) is 47.7 Å². The normalized spacial score (nSPS) is 10.9. The molecule has 0 saturated carbocycles. The lowest BCUT2D eigenvalue weighted by atomic mass is 10.2. The molecule has 0 unspecified atom stereocenters. The standard InChI is InChI=1S/C15H13N3OS/c1-9-5-6-12-13(8-9)18-15(17-12)20-14-11(10(2)19)4-3-7-16-14/h3-8H,1-2H3,(H,17,18). The lowest BCUT2D eigenvalue weighted by Gasteiger charge is -2.02. The second-order valence-electron chi connectivity index (χ2n) is 4.58. The Balaban J connectivity index is 1.99. The minimum atomic E-state index is 0.00700. The summed E-state index contributed by atoms with van der Waals surface area (Å²) >= 11 is 1.38. The molecular formula is C15H13N3OS. The third-order valence-electron chi connectivity index (χ3n) is 2.96. The highest BCUT2D eigenvalue weighted by Crippen LogP contribution is 2.28. The van der Waals surface area contributed by atoms with E-state index in [-0.39, 0.29) is 5.78 Å². The molecule has 1 aromatic carbocycles. The van der Waals surface area contributed by atoms with E-state index in [0.717, 1.165) is 16.2 Å². The molecule has 0 fully saturated rings. The molecule has 0 bridgehead atoms. The van der Waals surface area contributed by atoms with Crippen molar-refractivity contribution in [2.45, 2.75) is 24.0 Å². The maximum absolute atomic E-state index is 11.6. The quantitative estimate of drug-likeness (QED) is 0.746. The predicted octanol–water partition coefficient (Wildman–Crippen LogP) is 3.62. The number of fused-ring (bicyclic) bond motifs is 1. The minimum Gasteiger partial charge on any atom is -0.333 e. The number of hydrogen-bond acceptors (Lipinski definition) is 4. The lowest BCUT2D eigenvalue weighted by Crippen LogP contribution is -1.96. The molecule has 0 amide bonds. The van der Waals surface area contributed by atoms with Crippen molar-refractivity contribution in [3.63, 3.8) is 0 Å². The smallest absolute Gasteiger partial charge is 0.172 e. The van der Waals surface area contributed by atoms with Gasteiger partial charge in [-0.15, -0.1) is 0 Å². The van der Waals surface area contributed by atoms with Gasteiger partial charge in [0.2, 0.25) is 0 Å². The van der Waals surface area contributed by atoms with E-state index in [1.165, 1.54) is 17.3 Å². The molecule has 0 aliphatic rings. The van der Waals surface area contributed by atoms with E-state index in [4.69, 9.17) is 0 Å². The highest BCUT2D eigenvalue weighted by Gasteiger charge is 2.12. The monoisotopic (exact) mass is 283 g/mol. The van der Waals surface area contributed by atoms with Gasteiger partial charge in [-0.25, -0.2) is 9.97 Å². The Labute approximate surface area is 120 Å². The van der Waals surface area contributed by atoms with Gasteiger partial charge in [0.25, 0.3) is 0 Å². The zero-order chi connectivity index (χ0) is 14.1. The topological polar surface area (TPSA) is 58.6 Å². The fourth-order valence-electron chi connectivity index (χ4n) is 1.98. The summed E-state index contributed by atoms with van der Waals surface area (Å²) in [7, 11) is 0. The number of aromatic nitrogens is 3. The first-order chi connectivity index (χ1) is 9.63. The van der Waals surface area contributed by atoms with Crippen LogP contribution in [0.4, 0.5) is 0 Å². The van der Waals surface area contributed by atoms with Crippen LogP contribution in [0.25, 0.3) is 11.0 Å². The molecule has 4 nitrogen and oxygen atoms in total. The number of imidazole rings is 1. The first-order valence-electron chi connectivity index (χ1n) is 6.23. The van der Waals surface area contributed by atoms with Crippen molar-refractivity contribution in [2.75, 3.05) is 0 Å². The van der Waals surface area contributed by atoms with Crippen LogP contribution in [0.2, 0.25) is 0 Å². The number of carbonyl (C=O) groups is 1. The summed E-state index contributed by atoms with van der Waals surface area (Å²) in [5, 5.41) is 1.42. The number of rotatable bonds is 3. The largest absolute Gasteiger partial charge is 0.333 e. The number of aryl methyl sites for hydroxylation is 1. The zero-order valence-electron chi connectivity index (χ0n) is 11.2. The van der Waals surface area contributed by atoms with Gasteiger partial charge in [0, 0.05) is 11.8 Å². The molecule has 0 aliphatic heterocycles. The molecule has 0 atom stereocenters. The molecule has 0 saturated heterocycles. The minimum absolute atomic E-state index is 0.00700. The summed E-state index contributed by atoms with van der Waals surface area (Å²) in [6, 6.07) is 9.61. The maximum atomic E-state index is 11.6. The van der Waals surface area contributed by atoms with Crippen LogP contribution in [0.1, 0.15) is 22.8 Å². The Bertz CT molecular complexity index is 795. The number of carbonyl (C=O) groups excluding carboxylic acids is 1. The zero-order valence-corrected chi connectivity index (χ0v) is 12.0. The van der Waals surface area contributed by atoms with Crippen LogP contribution in [0.15, 0.2) is 46.7 Å². The molecule has 3 aromatic rings. The number of ketones is 1. The van der Waals surface area contributed by atoms with E-state index < -0.39 is 0 Å². The average Bonchev–Trinajstić information content (AvgIpc) is 2.80. The number of aromatic amines is 1. The van der Waals surface area contributed by atoms with Crippen LogP contribution in [-0.4, -0.2) is 20.7 Å². The van der Waals surface area contributed by atoms with E-state index in [2.05, 4.69) is 21.0 Å². The number of pyridine rings is 1. The lowest BCUT2D eigenvalue weighted by molar-refractivity contribution is 0.101. The van der Waals surface area contributed by atoms with Gasteiger partial charge in [0.1, 0.15) is 5.03 Å². The number of benzene rings is 1. The van der Waals surface area contributed by atoms with Crippen molar-refractivity contribution in [2.24, 2.45) is 0 Å². The fourth-order valence-corrected chi connectivity index (χ4v) is 2.90. The molecular weight excluding hydrogens is 270 g/mol. The van der Waals surface area contributed by atoms with Gasteiger partial charge in [-0.05, 0) is 55.4 Å². The third kappa shape index (κ3) is 2.44. The Morgan fingerprint density at radius 3 is 2.95 bits per heavy atom. The van der Waals surface area contributed by atoms with Crippen molar-refractivity contribution in [1.82, 2.24) is 15.0 Å². The van der Waals surface area contributed by atoms with Gasteiger partial charge in [0.15, 0.2) is 10.9 Å². The summed E-state index contributed by atoms with van der Waals surface area (Å²) in [5.74, 6) is 0.00700. The summed E-state index contributed by atoms with van der Waals surface area (Å²) in [4.78, 5) is 23.6. The van der Waals surface area contributed by atoms with Gasteiger partial charge in [0.05, 0.1) is 11.0 Å². The molecule has 0 spiro atoms. The molecule has 20 heavy (non-hydrogen) atoms. The van der Waals surface area contributed by atoms with Crippen LogP contribution >= 0.6 is 11.8 Å². The number of hydrogen-bond donors (Lipinski definition) is 1. The summed E-state index contributed by atoms with van der Waals surface area (Å²) < 4.78 is 0. The summed E-state index contributed by atoms with van der Waals surface area (Å²) in [6.07, 6.45) is 1.68. The van der Waals surface area contributed by atoms with Crippen LogP contribution in [0, 0.1) is 6.92 Å². The second-order valence-corrected chi connectivity index (χ2v) is 5.55. The number of H-pyrrole nitrogens is 1. The molecule has 2 aromatic heterocycles. The number of Topliss-reactive ketones (excluding diaryl/α,β-unsaturated/α-hetero) is 1. The maximum Gasteiger partial charge on any atom is 0.172 e. The molecule has 0 aliphatic carbocycles. The Morgan fingerprint density at radius 2 is 2.15 bits per heavy atom. The molecule has 2 heterocycles. The van der Waals surface area contributed by atoms with Crippen molar-refractivity contribution >= 4 is 28.6 Å². The molecule has 5 heteroatoms. The Hall–Kier alpha value is -2.14. The highest BCUT2D eigenvalue weighted by molar-refractivity contribution is 7.99. The van der Waals surface area contributed by atoms with Gasteiger partial charge in [-0.1, -0.05) is 6.07 Å². The van der Waals surface area contributed by atoms with Gasteiger partial charge in [-0.2, -0.15) is 0 Å². The number of nitrogens with zero attached hydrogens (tertiary/aromatic N) is 2. The van der Waals surface area contributed by atoms with Crippen molar-refractivity contribution in [1.29, 1.82) is 0 Å². The Kier molecular flexibility index (Phi) is 3.28. The highest BCUT2D eigenvalue weighted by atomic mass is 32.2. The van der Waals surface area contributed by atoms with E-state index in [9.17, 15) is 4.79 Å². The van der Waals surface area contributed by atoms with Crippen molar-refractivity contribution < 1.29 is 4.79 Å². The molecule has 3 rings (SSSR count). The van der Waals surface area contributed by atoms with E-state index in [1.807, 2.05) is 19.1 Å². The summed E-state index contributed by atoms with van der Waals surface area (Å²) in [5.41, 5.74) is 3.71. The summed E-state index contributed by atoms with van der Waals surface area (Å²) in [6.45, 7) is 3.59.